The molecule has 2 rings (SSSR count). The van der Waals surface area contributed by atoms with Gasteiger partial charge in [0, 0.05) is 21.5 Å². The van der Waals surface area contributed by atoms with E-state index in [1.165, 1.54) is 23.6 Å². The molecule has 1 aromatic carbocycles. The molecule has 1 N–H and O–H groups in total. The molecule has 0 spiro atoms. The van der Waals surface area contributed by atoms with Crippen LogP contribution in [0.15, 0.2) is 36.4 Å². The number of carbonyl (C=O) groups excluding carboxylic acids is 2. The molecule has 2 aromatic rings. The lowest BCUT2D eigenvalue weighted by molar-refractivity contribution is -0.111. The van der Waals surface area contributed by atoms with Crippen molar-refractivity contribution in [2.75, 3.05) is 12.4 Å². The summed E-state index contributed by atoms with van der Waals surface area (Å²) in [5.74, 6) is 0.332. The number of amides is 1. The van der Waals surface area contributed by atoms with E-state index in [9.17, 15) is 9.59 Å². The molecule has 0 atom stereocenters. The van der Waals surface area contributed by atoms with Gasteiger partial charge in [-0.15, -0.1) is 11.3 Å². The molecule has 4 nitrogen and oxygen atoms in total. The summed E-state index contributed by atoms with van der Waals surface area (Å²) in [7, 11) is 1.34. The molecule has 1 amide bonds. The van der Waals surface area contributed by atoms with E-state index in [2.05, 4.69) is 43.8 Å². The van der Waals surface area contributed by atoms with E-state index >= 15 is 0 Å². The topological polar surface area (TPSA) is 55.4 Å². The van der Waals surface area contributed by atoms with Crippen molar-refractivity contribution in [1.29, 1.82) is 0 Å². The maximum atomic E-state index is 12.1. The van der Waals surface area contributed by atoms with Gasteiger partial charge in [-0.05, 0) is 53.8 Å². The SMILES string of the molecule is COC(=O)c1ccc(NC(=O)C=Cc2cc(C(C)C)c(C(C)C)s2)cc1. The second kappa shape index (κ2) is 8.81. The Labute approximate surface area is 158 Å². The minimum absolute atomic E-state index is 0.207. The van der Waals surface area contributed by atoms with Crippen molar-refractivity contribution in [2.24, 2.45) is 0 Å². The van der Waals surface area contributed by atoms with Crippen molar-refractivity contribution in [3.05, 3.63) is 57.3 Å². The van der Waals surface area contributed by atoms with Crippen molar-refractivity contribution in [2.45, 2.75) is 39.5 Å². The van der Waals surface area contributed by atoms with Gasteiger partial charge in [0.05, 0.1) is 12.7 Å². The maximum absolute atomic E-state index is 12.1. The highest BCUT2D eigenvalue weighted by molar-refractivity contribution is 7.13. The summed E-state index contributed by atoms with van der Waals surface area (Å²) in [5, 5.41) is 2.79. The molecule has 0 aliphatic heterocycles. The lowest BCUT2D eigenvalue weighted by atomic mass is 9.99. The Bertz CT molecular complexity index is 776. The minimum atomic E-state index is -0.401. The van der Waals surface area contributed by atoms with Crippen molar-refractivity contribution in [3.63, 3.8) is 0 Å². The van der Waals surface area contributed by atoms with Crippen molar-refractivity contribution < 1.29 is 14.3 Å². The van der Waals surface area contributed by atoms with Gasteiger partial charge in [-0.3, -0.25) is 4.79 Å². The third kappa shape index (κ3) is 5.05. The number of hydrogen-bond acceptors (Lipinski definition) is 4. The molecule has 0 bridgehead atoms. The van der Waals surface area contributed by atoms with Crippen LogP contribution in [0, 0.1) is 0 Å². The number of carbonyl (C=O) groups is 2. The van der Waals surface area contributed by atoms with Crippen LogP contribution < -0.4 is 5.32 Å². The molecule has 0 aliphatic rings. The highest BCUT2D eigenvalue weighted by Crippen LogP contribution is 2.34. The van der Waals surface area contributed by atoms with Crippen LogP contribution in [0.25, 0.3) is 6.08 Å². The number of nitrogens with one attached hydrogen (secondary N) is 1. The molecular weight excluding hydrogens is 346 g/mol. The van der Waals surface area contributed by atoms with Crippen LogP contribution >= 0.6 is 11.3 Å². The average molecular weight is 372 g/mol. The van der Waals surface area contributed by atoms with Gasteiger partial charge in [-0.1, -0.05) is 27.7 Å². The number of methoxy groups -OCH3 is 1. The zero-order valence-corrected chi connectivity index (χ0v) is 16.6. The van der Waals surface area contributed by atoms with Gasteiger partial charge in [0.15, 0.2) is 0 Å². The van der Waals surface area contributed by atoms with Gasteiger partial charge in [-0.25, -0.2) is 4.79 Å². The molecule has 0 saturated carbocycles. The van der Waals surface area contributed by atoms with E-state index in [1.807, 2.05) is 6.08 Å². The van der Waals surface area contributed by atoms with Crippen LogP contribution in [0.5, 0.6) is 0 Å². The Hall–Kier alpha value is -2.40. The highest BCUT2D eigenvalue weighted by Gasteiger charge is 2.14. The first-order valence-electron chi connectivity index (χ1n) is 8.63. The maximum Gasteiger partial charge on any atom is 0.337 e. The van der Waals surface area contributed by atoms with Crippen LogP contribution in [0.2, 0.25) is 0 Å². The Kier molecular flexibility index (Phi) is 6.75. The number of hydrogen-bond donors (Lipinski definition) is 1. The van der Waals surface area contributed by atoms with Crippen LogP contribution in [0.4, 0.5) is 5.69 Å². The van der Waals surface area contributed by atoms with E-state index in [4.69, 9.17) is 0 Å². The van der Waals surface area contributed by atoms with Gasteiger partial charge in [-0.2, -0.15) is 0 Å². The fraction of sp³-hybridized carbons (Fsp3) is 0.333. The third-order valence-corrected chi connectivity index (χ3v) is 5.35. The summed E-state index contributed by atoms with van der Waals surface area (Å²) in [6.07, 6.45) is 3.38. The van der Waals surface area contributed by atoms with E-state index in [1.54, 1.807) is 35.6 Å². The summed E-state index contributed by atoms with van der Waals surface area (Å²) >= 11 is 1.73. The lowest BCUT2D eigenvalue weighted by Gasteiger charge is -2.08. The molecule has 1 heterocycles. The zero-order valence-electron chi connectivity index (χ0n) is 15.8. The van der Waals surface area contributed by atoms with Crippen molar-refractivity contribution >= 4 is 35.0 Å². The monoisotopic (exact) mass is 371 g/mol. The molecule has 0 unspecified atom stereocenters. The first-order valence-corrected chi connectivity index (χ1v) is 9.44. The number of esters is 1. The van der Waals surface area contributed by atoms with Crippen LogP contribution in [0.1, 0.15) is 65.2 Å². The quantitative estimate of drug-likeness (QED) is 0.544. The van der Waals surface area contributed by atoms with Gasteiger partial charge in [0.1, 0.15) is 0 Å². The first kappa shape index (κ1) is 19.9. The fourth-order valence-electron chi connectivity index (χ4n) is 2.57. The number of benzene rings is 1. The van der Waals surface area contributed by atoms with Crippen molar-refractivity contribution in [1.82, 2.24) is 0 Å². The van der Waals surface area contributed by atoms with Gasteiger partial charge >= 0.3 is 5.97 Å². The largest absolute Gasteiger partial charge is 0.465 e. The second-order valence-corrected chi connectivity index (χ2v) is 7.78. The summed E-state index contributed by atoms with van der Waals surface area (Å²) in [6, 6.07) is 8.76. The number of thiophene rings is 1. The van der Waals surface area contributed by atoms with Gasteiger partial charge in [0.2, 0.25) is 5.91 Å². The molecule has 26 heavy (non-hydrogen) atoms. The molecule has 0 radical (unpaired) electrons. The van der Waals surface area contributed by atoms with E-state index in [-0.39, 0.29) is 5.91 Å². The van der Waals surface area contributed by atoms with Gasteiger partial charge in [0.25, 0.3) is 0 Å². The summed E-state index contributed by atoms with van der Waals surface area (Å²) in [4.78, 5) is 26.0. The Morgan fingerprint density at radius 3 is 2.23 bits per heavy atom. The number of ether oxygens (including phenoxy) is 1. The Balaban J connectivity index is 2.05. The molecule has 0 saturated heterocycles. The van der Waals surface area contributed by atoms with Crippen LogP contribution in [-0.4, -0.2) is 19.0 Å². The number of rotatable bonds is 6. The fourth-order valence-corrected chi connectivity index (χ4v) is 3.80. The predicted molar refractivity (Wildman–Crippen MR) is 108 cm³/mol. The summed E-state index contributed by atoms with van der Waals surface area (Å²) in [6.45, 7) is 8.75. The molecule has 5 heteroatoms. The molecular formula is C21H25NO3S. The second-order valence-electron chi connectivity index (χ2n) is 6.67. The van der Waals surface area contributed by atoms with E-state index < -0.39 is 5.97 Å². The molecule has 0 fully saturated rings. The smallest absolute Gasteiger partial charge is 0.337 e. The third-order valence-electron chi connectivity index (χ3n) is 3.93. The number of anilines is 1. The molecule has 138 valence electrons. The standard InChI is InChI=1S/C21H25NO3S/c1-13(2)18-12-17(26-20(18)14(3)4)10-11-19(23)22-16-8-6-15(7-9-16)21(24)25-5/h6-14H,1-5H3,(H,22,23). The van der Waals surface area contributed by atoms with E-state index in [0.29, 0.717) is 23.1 Å². The van der Waals surface area contributed by atoms with E-state index in [0.717, 1.165) is 4.88 Å². The summed E-state index contributed by atoms with van der Waals surface area (Å²) < 4.78 is 4.65. The normalized spacial score (nSPS) is 11.3. The average Bonchev–Trinajstić information content (AvgIpc) is 3.05. The Morgan fingerprint density at radius 2 is 1.73 bits per heavy atom. The molecule has 0 aliphatic carbocycles. The highest BCUT2D eigenvalue weighted by atomic mass is 32.1. The van der Waals surface area contributed by atoms with Gasteiger partial charge < -0.3 is 10.1 Å². The zero-order chi connectivity index (χ0) is 19.3. The van der Waals surface area contributed by atoms with Crippen LogP contribution in [0.3, 0.4) is 0 Å². The Morgan fingerprint density at radius 1 is 1.08 bits per heavy atom. The summed E-state index contributed by atoms with van der Waals surface area (Å²) in [5.41, 5.74) is 2.43. The lowest BCUT2D eigenvalue weighted by Crippen LogP contribution is -2.08. The van der Waals surface area contributed by atoms with Crippen LogP contribution in [-0.2, 0) is 9.53 Å². The first-order chi connectivity index (χ1) is 12.3. The predicted octanol–water partition coefficient (Wildman–Crippen LogP) is 5.43. The molecule has 1 aromatic heterocycles. The minimum Gasteiger partial charge on any atom is -0.465 e. The van der Waals surface area contributed by atoms with Crippen molar-refractivity contribution in [3.8, 4) is 0 Å².